The monoisotopic (exact) mass is 518 g/mol. The molecule has 4 rings (SSSR count). The molecule has 1 spiro atoms. The van der Waals surface area contributed by atoms with E-state index in [-0.39, 0.29) is 24.2 Å². The quantitative estimate of drug-likeness (QED) is 0.363. The molecule has 2 N–H and O–H groups in total. The van der Waals surface area contributed by atoms with Gasteiger partial charge in [0, 0.05) is 43.8 Å². The summed E-state index contributed by atoms with van der Waals surface area (Å²) in [7, 11) is 0. The molecule has 196 valence electrons. The van der Waals surface area contributed by atoms with Crippen molar-refractivity contribution in [1.29, 1.82) is 0 Å². The van der Waals surface area contributed by atoms with E-state index in [1.165, 1.54) is 18.1 Å². The number of halogens is 2. The first-order valence-corrected chi connectivity index (χ1v) is 13.8. The topological polar surface area (TPSA) is 73.8 Å². The van der Waals surface area contributed by atoms with Crippen LogP contribution in [0.1, 0.15) is 63.0 Å². The third-order valence-electron chi connectivity index (χ3n) is 7.46. The first-order chi connectivity index (χ1) is 17.2. The third kappa shape index (κ3) is 6.73. The Morgan fingerprint density at radius 2 is 2.03 bits per heavy atom. The highest BCUT2D eigenvalue weighted by Crippen LogP contribution is 2.36. The second-order valence-electron chi connectivity index (χ2n) is 10.1. The molecule has 3 aliphatic rings. The van der Waals surface area contributed by atoms with E-state index in [9.17, 15) is 18.4 Å². The number of alkyl halides is 2. The van der Waals surface area contributed by atoms with E-state index in [1.807, 2.05) is 24.1 Å². The molecule has 36 heavy (non-hydrogen) atoms. The van der Waals surface area contributed by atoms with Gasteiger partial charge in [-0.25, -0.2) is 8.78 Å². The van der Waals surface area contributed by atoms with Crippen LogP contribution in [0.15, 0.2) is 34.8 Å². The summed E-state index contributed by atoms with van der Waals surface area (Å²) in [6.07, 6.45) is 4.93. The van der Waals surface area contributed by atoms with Crippen LogP contribution in [0.2, 0.25) is 0 Å². The number of anilines is 1. The molecule has 2 amide bonds. The molecule has 1 saturated carbocycles. The Bertz CT molecular complexity index is 1020. The summed E-state index contributed by atoms with van der Waals surface area (Å²) in [4.78, 5) is 29.1. The highest BCUT2D eigenvalue weighted by atomic mass is 32.2. The number of aliphatic imine (C=N–C) groups is 1. The number of carbonyl (C=O) groups is 2. The summed E-state index contributed by atoms with van der Waals surface area (Å²) >= 11 is 1.82. The molecule has 6 nitrogen and oxygen atoms in total. The second-order valence-corrected chi connectivity index (χ2v) is 11.3. The minimum absolute atomic E-state index is 0.0241. The van der Waals surface area contributed by atoms with Crippen LogP contribution in [-0.2, 0) is 16.0 Å². The number of carbonyl (C=O) groups excluding carboxylic acids is 2. The van der Waals surface area contributed by atoms with Crippen molar-refractivity contribution >= 4 is 35.3 Å². The molecule has 9 heteroatoms. The number of aryl methyl sites for hydroxylation is 2. The van der Waals surface area contributed by atoms with Gasteiger partial charge in [0.25, 0.3) is 5.91 Å². The molecular weight excluding hydrogens is 482 g/mol. The Morgan fingerprint density at radius 1 is 1.31 bits per heavy atom. The molecule has 1 saturated heterocycles. The van der Waals surface area contributed by atoms with Crippen molar-refractivity contribution in [3.05, 3.63) is 41.0 Å². The van der Waals surface area contributed by atoms with Crippen LogP contribution in [0, 0.1) is 12.8 Å². The Balaban J connectivity index is 1.24. The molecule has 0 radical (unpaired) electrons. The van der Waals surface area contributed by atoms with E-state index in [2.05, 4.69) is 27.9 Å². The fourth-order valence-corrected chi connectivity index (χ4v) is 6.33. The number of nitrogens with one attached hydrogen (secondary N) is 2. The lowest BCUT2D eigenvalue weighted by atomic mass is 9.84. The van der Waals surface area contributed by atoms with E-state index in [4.69, 9.17) is 4.99 Å². The van der Waals surface area contributed by atoms with E-state index in [1.54, 1.807) is 6.08 Å². The van der Waals surface area contributed by atoms with Crippen molar-refractivity contribution in [3.8, 4) is 0 Å². The van der Waals surface area contributed by atoms with E-state index < -0.39 is 12.0 Å². The Labute approximate surface area is 216 Å². The average molecular weight is 519 g/mol. The number of benzene rings is 1. The van der Waals surface area contributed by atoms with E-state index in [0.717, 1.165) is 68.0 Å². The minimum Gasteiger partial charge on any atom is -0.326 e. The maximum absolute atomic E-state index is 12.9. The zero-order valence-electron chi connectivity index (χ0n) is 21.1. The van der Waals surface area contributed by atoms with Gasteiger partial charge in [-0.1, -0.05) is 29.7 Å². The van der Waals surface area contributed by atoms with Crippen LogP contribution in [0.3, 0.4) is 0 Å². The maximum Gasteiger partial charge on any atom is 0.253 e. The van der Waals surface area contributed by atoms with Crippen LogP contribution in [0.25, 0.3) is 0 Å². The molecule has 2 aliphatic heterocycles. The minimum atomic E-state index is -2.29. The van der Waals surface area contributed by atoms with E-state index >= 15 is 0 Å². The van der Waals surface area contributed by atoms with Gasteiger partial charge in [0.2, 0.25) is 12.3 Å². The molecule has 0 atom stereocenters. The van der Waals surface area contributed by atoms with Crippen LogP contribution in [0.4, 0.5) is 14.5 Å². The first-order valence-electron chi connectivity index (χ1n) is 12.9. The summed E-state index contributed by atoms with van der Waals surface area (Å²) in [5.41, 5.74) is 3.73. The van der Waals surface area contributed by atoms with Crippen molar-refractivity contribution in [2.75, 3.05) is 24.2 Å². The van der Waals surface area contributed by atoms with Gasteiger partial charge in [0.15, 0.2) is 0 Å². The first kappa shape index (κ1) is 26.8. The fraction of sp³-hybridized carbons (Fsp3) is 0.593. The highest BCUT2D eigenvalue weighted by molar-refractivity contribution is 7.97. The van der Waals surface area contributed by atoms with Gasteiger partial charge in [0.1, 0.15) is 11.4 Å². The summed E-state index contributed by atoms with van der Waals surface area (Å²) in [6.45, 7) is 5.22. The largest absolute Gasteiger partial charge is 0.326 e. The van der Waals surface area contributed by atoms with Crippen LogP contribution >= 0.6 is 11.9 Å². The normalized spacial score (nSPS) is 22.0. The van der Waals surface area contributed by atoms with Gasteiger partial charge in [0.05, 0.1) is 0 Å². The average Bonchev–Trinajstić information content (AvgIpc) is 3.16. The number of hydrogen-bond donors (Lipinski definition) is 2. The summed E-state index contributed by atoms with van der Waals surface area (Å²) in [5.74, 6) is 1.94. The van der Waals surface area contributed by atoms with Crippen LogP contribution in [0.5, 0.6) is 0 Å². The van der Waals surface area contributed by atoms with Crippen molar-refractivity contribution < 1.29 is 18.4 Å². The lowest BCUT2D eigenvalue weighted by Crippen LogP contribution is -2.47. The molecule has 0 unspecified atom stereocenters. The SMILES string of the molecule is CC(=O)Nc1ccc(CCSN2CCC3(CC2)N=C(C2CCC(=CCC(F)F)CC2)NC3=O)c(C)c1. The number of amides is 2. The van der Waals surface area contributed by atoms with E-state index in [0.29, 0.717) is 12.8 Å². The zero-order chi connectivity index (χ0) is 25.7. The Kier molecular flexibility index (Phi) is 8.83. The van der Waals surface area contributed by atoms with Crippen molar-refractivity contribution in [1.82, 2.24) is 9.62 Å². The molecule has 2 heterocycles. The van der Waals surface area contributed by atoms with Crippen molar-refractivity contribution in [2.45, 2.75) is 77.2 Å². The molecule has 1 aliphatic carbocycles. The molecule has 0 bridgehead atoms. The highest BCUT2D eigenvalue weighted by Gasteiger charge is 2.47. The van der Waals surface area contributed by atoms with Gasteiger partial charge in [-0.2, -0.15) is 0 Å². The standard InChI is InChI=1S/C27H36F2N4O2S/c1-18-17-23(30-19(2)34)9-8-21(18)11-16-36-33-14-12-27(13-15-33)26(35)31-25(32-27)22-6-3-20(4-7-22)5-10-24(28)29/h5,8-9,17,22,24H,3-4,6-7,10-16H2,1-2H3,(H,30,34)(H,31,32,35). The predicted molar refractivity (Wildman–Crippen MR) is 141 cm³/mol. The molecule has 1 aromatic rings. The van der Waals surface area contributed by atoms with Gasteiger partial charge in [-0.05, 0) is 75.1 Å². The van der Waals surface area contributed by atoms with Gasteiger partial charge < -0.3 is 10.6 Å². The number of nitrogens with zero attached hydrogens (tertiary/aromatic N) is 2. The summed E-state index contributed by atoms with van der Waals surface area (Å²) in [5, 5.41) is 5.89. The smallest absolute Gasteiger partial charge is 0.253 e. The van der Waals surface area contributed by atoms with Gasteiger partial charge in [-0.3, -0.25) is 18.9 Å². The number of rotatable bonds is 8. The number of hydrogen-bond acceptors (Lipinski definition) is 5. The molecule has 2 fully saturated rings. The van der Waals surface area contributed by atoms with Crippen LogP contribution < -0.4 is 10.6 Å². The van der Waals surface area contributed by atoms with Crippen molar-refractivity contribution in [2.24, 2.45) is 10.9 Å². The lowest BCUT2D eigenvalue weighted by Gasteiger charge is -2.34. The molecule has 0 aromatic heterocycles. The lowest BCUT2D eigenvalue weighted by molar-refractivity contribution is -0.125. The second kappa shape index (κ2) is 11.9. The van der Waals surface area contributed by atoms with Gasteiger partial charge in [-0.15, -0.1) is 0 Å². The summed E-state index contributed by atoms with van der Waals surface area (Å²) in [6, 6.07) is 6.03. The van der Waals surface area contributed by atoms with Crippen molar-refractivity contribution in [3.63, 3.8) is 0 Å². The maximum atomic E-state index is 12.9. The Hall–Kier alpha value is -2.26. The number of allylic oxidation sites excluding steroid dienone is 2. The fourth-order valence-electron chi connectivity index (χ4n) is 5.32. The predicted octanol–water partition coefficient (Wildman–Crippen LogP) is 5.28. The summed E-state index contributed by atoms with van der Waals surface area (Å²) < 4.78 is 27.3. The third-order valence-corrected chi connectivity index (χ3v) is 8.57. The Morgan fingerprint density at radius 3 is 2.67 bits per heavy atom. The van der Waals surface area contributed by atoms with Crippen LogP contribution in [-0.4, -0.2) is 52.8 Å². The zero-order valence-corrected chi connectivity index (χ0v) is 21.9. The number of piperidine rings is 1. The number of amidine groups is 1. The molecule has 1 aromatic carbocycles. The molecular formula is C27H36F2N4O2S. The van der Waals surface area contributed by atoms with Gasteiger partial charge >= 0.3 is 0 Å².